The number of halogens is 2. The molecule has 0 bridgehead atoms. The number of anilines is 2. The van der Waals surface area contributed by atoms with Gasteiger partial charge in [0.1, 0.15) is 11.6 Å². The van der Waals surface area contributed by atoms with Gasteiger partial charge in [-0.05, 0) is 42.0 Å². The van der Waals surface area contributed by atoms with Crippen LogP contribution in [0.4, 0.5) is 15.9 Å². The Balaban J connectivity index is 1.41. The topological polar surface area (TPSA) is 50.3 Å². The highest BCUT2D eigenvalue weighted by atomic mass is 35.5. The molecule has 3 aromatic carbocycles. The molecule has 4 aromatic rings. The summed E-state index contributed by atoms with van der Waals surface area (Å²) in [5.74, 6) is 0.426. The summed E-state index contributed by atoms with van der Waals surface area (Å²) in [5.41, 5.74) is 11.1. The molecule has 0 amide bonds. The number of benzene rings is 3. The molecule has 168 valence electrons. The van der Waals surface area contributed by atoms with Crippen molar-refractivity contribution >= 4 is 23.1 Å². The summed E-state index contributed by atoms with van der Waals surface area (Å²) in [6, 6.07) is 24.6. The zero-order valence-corrected chi connectivity index (χ0v) is 18.9. The number of hydrogen-bond acceptors (Lipinski definition) is 4. The highest BCUT2D eigenvalue weighted by Gasteiger charge is 2.24. The minimum absolute atomic E-state index is 0.174. The summed E-state index contributed by atoms with van der Waals surface area (Å²) < 4.78 is 16.0. The lowest BCUT2D eigenvalue weighted by Crippen LogP contribution is -2.46. The number of hydrogen-bond donors (Lipinski definition) is 1. The molecular formula is C26H25ClFN5. The highest BCUT2D eigenvalue weighted by Crippen LogP contribution is 2.33. The molecule has 2 N–H and O–H groups in total. The average molecular weight is 462 g/mol. The van der Waals surface area contributed by atoms with Crippen molar-refractivity contribution in [1.29, 1.82) is 0 Å². The third kappa shape index (κ3) is 4.45. The highest BCUT2D eigenvalue weighted by molar-refractivity contribution is 6.30. The second-order valence-electron chi connectivity index (χ2n) is 8.18. The van der Waals surface area contributed by atoms with Crippen molar-refractivity contribution < 1.29 is 4.39 Å². The van der Waals surface area contributed by atoms with E-state index >= 15 is 0 Å². The number of nitrogens with zero attached hydrogens (tertiary/aromatic N) is 4. The Labute approximate surface area is 197 Å². The first-order chi connectivity index (χ1) is 16.1. The summed E-state index contributed by atoms with van der Waals surface area (Å²) in [6.45, 7) is 3.82. The largest absolute Gasteiger partial charge is 0.383 e. The summed E-state index contributed by atoms with van der Waals surface area (Å²) in [6.07, 6.45) is 0. The van der Waals surface area contributed by atoms with Gasteiger partial charge in [0, 0.05) is 43.3 Å². The van der Waals surface area contributed by atoms with E-state index < -0.39 is 0 Å². The van der Waals surface area contributed by atoms with Crippen LogP contribution in [0.15, 0.2) is 78.9 Å². The molecule has 5 nitrogen and oxygen atoms in total. The smallest absolute Gasteiger partial charge is 0.146 e. The SMILES string of the molecule is Nc1c(-c2ccccc2)c(CN2CCN(c3ccccc3F)CC2)nn1-c1ccc(Cl)cc1. The molecule has 5 rings (SSSR count). The summed E-state index contributed by atoms with van der Waals surface area (Å²) in [5, 5.41) is 5.57. The first kappa shape index (κ1) is 21.5. The van der Waals surface area contributed by atoms with Gasteiger partial charge in [-0.2, -0.15) is 5.10 Å². The van der Waals surface area contributed by atoms with Crippen molar-refractivity contribution in [2.24, 2.45) is 0 Å². The lowest BCUT2D eigenvalue weighted by atomic mass is 10.0. The number of nitrogens with two attached hydrogens (primary N) is 1. The van der Waals surface area contributed by atoms with E-state index in [0.717, 1.165) is 48.7 Å². The lowest BCUT2D eigenvalue weighted by Gasteiger charge is -2.36. The third-order valence-corrected chi connectivity index (χ3v) is 6.32. The fourth-order valence-corrected chi connectivity index (χ4v) is 4.48. The lowest BCUT2D eigenvalue weighted by molar-refractivity contribution is 0.246. The predicted molar refractivity (Wildman–Crippen MR) is 132 cm³/mol. The Hall–Kier alpha value is -3.35. The van der Waals surface area contributed by atoms with Crippen LogP contribution in [0.25, 0.3) is 16.8 Å². The van der Waals surface area contributed by atoms with Crippen LogP contribution < -0.4 is 10.6 Å². The summed E-state index contributed by atoms with van der Waals surface area (Å²) >= 11 is 6.07. The number of nitrogen functional groups attached to an aromatic ring is 1. The monoisotopic (exact) mass is 461 g/mol. The minimum Gasteiger partial charge on any atom is -0.383 e. The van der Waals surface area contributed by atoms with Crippen molar-refractivity contribution in [3.05, 3.63) is 95.4 Å². The molecule has 0 aliphatic carbocycles. The van der Waals surface area contributed by atoms with Gasteiger partial charge in [-0.25, -0.2) is 9.07 Å². The minimum atomic E-state index is -0.174. The van der Waals surface area contributed by atoms with E-state index in [9.17, 15) is 4.39 Å². The van der Waals surface area contributed by atoms with Crippen molar-refractivity contribution in [3.63, 3.8) is 0 Å². The molecule has 0 spiro atoms. The van der Waals surface area contributed by atoms with E-state index in [0.29, 0.717) is 23.1 Å². The van der Waals surface area contributed by atoms with Gasteiger partial charge in [0.15, 0.2) is 0 Å². The van der Waals surface area contributed by atoms with Crippen LogP contribution in [-0.2, 0) is 6.54 Å². The number of rotatable bonds is 5. The van der Waals surface area contributed by atoms with Crippen LogP contribution in [0.2, 0.25) is 5.02 Å². The Kier molecular flexibility index (Phi) is 6.03. The van der Waals surface area contributed by atoms with E-state index in [4.69, 9.17) is 22.4 Å². The maximum absolute atomic E-state index is 14.2. The molecule has 1 aromatic heterocycles. The van der Waals surface area contributed by atoms with Gasteiger partial charge in [0.05, 0.1) is 17.1 Å². The predicted octanol–water partition coefficient (Wildman–Crippen LogP) is 5.24. The van der Waals surface area contributed by atoms with Crippen LogP contribution in [0.5, 0.6) is 0 Å². The Bertz CT molecular complexity index is 1230. The van der Waals surface area contributed by atoms with Gasteiger partial charge in [-0.15, -0.1) is 0 Å². The zero-order valence-electron chi connectivity index (χ0n) is 18.2. The van der Waals surface area contributed by atoms with E-state index in [1.807, 2.05) is 54.6 Å². The molecule has 7 heteroatoms. The molecule has 1 fully saturated rings. The second kappa shape index (κ2) is 9.25. The van der Waals surface area contributed by atoms with Crippen molar-refractivity contribution in [3.8, 4) is 16.8 Å². The first-order valence-electron chi connectivity index (χ1n) is 11.0. The molecule has 1 aliphatic heterocycles. The van der Waals surface area contributed by atoms with E-state index in [2.05, 4.69) is 21.9 Å². The van der Waals surface area contributed by atoms with Crippen LogP contribution in [0.3, 0.4) is 0 Å². The number of piperazine rings is 1. The van der Waals surface area contributed by atoms with Crippen molar-refractivity contribution in [2.45, 2.75) is 6.54 Å². The van der Waals surface area contributed by atoms with Crippen molar-refractivity contribution in [1.82, 2.24) is 14.7 Å². The van der Waals surface area contributed by atoms with Gasteiger partial charge in [-0.1, -0.05) is 54.1 Å². The number of para-hydroxylation sites is 1. The maximum Gasteiger partial charge on any atom is 0.146 e. The van der Waals surface area contributed by atoms with Crippen LogP contribution >= 0.6 is 11.6 Å². The molecule has 0 radical (unpaired) electrons. The Morgan fingerprint density at radius 3 is 2.21 bits per heavy atom. The second-order valence-corrected chi connectivity index (χ2v) is 8.61. The molecule has 1 aliphatic rings. The van der Waals surface area contributed by atoms with E-state index in [1.54, 1.807) is 10.7 Å². The fraction of sp³-hybridized carbons (Fsp3) is 0.192. The van der Waals surface area contributed by atoms with Crippen molar-refractivity contribution in [2.75, 3.05) is 36.8 Å². The molecular weight excluding hydrogens is 437 g/mol. The number of aromatic nitrogens is 2. The standard InChI is InChI=1S/C26H25ClFN5/c27-20-10-12-21(13-11-20)33-26(29)25(19-6-2-1-3-7-19)23(30-33)18-31-14-16-32(17-15-31)24-9-5-4-8-22(24)28/h1-13H,14-18,29H2. The van der Waals surface area contributed by atoms with Crippen LogP contribution in [0.1, 0.15) is 5.69 Å². The molecule has 2 heterocycles. The quantitative estimate of drug-likeness (QED) is 0.442. The van der Waals surface area contributed by atoms with E-state index in [1.165, 1.54) is 6.07 Å². The van der Waals surface area contributed by atoms with Gasteiger partial charge in [-0.3, -0.25) is 4.90 Å². The molecule has 0 atom stereocenters. The normalized spacial score (nSPS) is 14.5. The zero-order chi connectivity index (χ0) is 22.8. The molecule has 0 unspecified atom stereocenters. The van der Waals surface area contributed by atoms with Gasteiger partial charge < -0.3 is 10.6 Å². The molecule has 1 saturated heterocycles. The summed E-state index contributed by atoms with van der Waals surface area (Å²) in [7, 11) is 0. The maximum atomic E-state index is 14.2. The third-order valence-electron chi connectivity index (χ3n) is 6.07. The molecule has 0 saturated carbocycles. The van der Waals surface area contributed by atoms with Gasteiger partial charge >= 0.3 is 0 Å². The first-order valence-corrected chi connectivity index (χ1v) is 11.4. The fourth-order valence-electron chi connectivity index (χ4n) is 4.35. The van der Waals surface area contributed by atoms with Gasteiger partial charge in [0.2, 0.25) is 0 Å². The van der Waals surface area contributed by atoms with Crippen LogP contribution in [-0.4, -0.2) is 40.9 Å². The average Bonchev–Trinajstić information content (AvgIpc) is 3.16. The van der Waals surface area contributed by atoms with E-state index in [-0.39, 0.29) is 5.82 Å². The van der Waals surface area contributed by atoms with Crippen LogP contribution in [0, 0.1) is 5.82 Å². The van der Waals surface area contributed by atoms with Gasteiger partial charge in [0.25, 0.3) is 0 Å². The Morgan fingerprint density at radius 1 is 0.848 bits per heavy atom. The summed E-state index contributed by atoms with van der Waals surface area (Å²) in [4.78, 5) is 4.45. The molecule has 33 heavy (non-hydrogen) atoms. The Morgan fingerprint density at radius 2 is 1.52 bits per heavy atom.